The van der Waals surface area contributed by atoms with E-state index >= 15 is 0 Å². The van der Waals surface area contributed by atoms with Crippen LogP contribution in [-0.2, 0) is 0 Å². The van der Waals surface area contributed by atoms with Crippen LogP contribution in [0.5, 0.6) is 0 Å². The van der Waals surface area contributed by atoms with Gasteiger partial charge >= 0.3 is 0 Å². The monoisotopic (exact) mass is 132 g/mol. The second-order valence-corrected chi connectivity index (χ2v) is 3.90. The molecule has 5 aliphatic rings. The van der Waals surface area contributed by atoms with E-state index < -0.39 is 0 Å². The molecule has 0 heteroatoms. The molecule has 1 saturated carbocycles. The van der Waals surface area contributed by atoms with Gasteiger partial charge in [0.2, 0.25) is 0 Å². The number of allylic oxidation sites excluding steroid dienone is 4. The van der Waals surface area contributed by atoms with E-state index in [1.54, 1.807) is 0 Å². The van der Waals surface area contributed by atoms with Crippen molar-refractivity contribution in [1.29, 1.82) is 0 Å². The van der Waals surface area contributed by atoms with E-state index in [9.17, 15) is 0 Å². The van der Waals surface area contributed by atoms with Crippen molar-refractivity contribution in [3.63, 3.8) is 0 Å². The number of hydrogen-bond acceptors (Lipinski definition) is 0. The van der Waals surface area contributed by atoms with Crippen molar-refractivity contribution in [2.45, 2.75) is 12.8 Å². The van der Waals surface area contributed by atoms with E-state index in [4.69, 9.17) is 0 Å². The van der Waals surface area contributed by atoms with Gasteiger partial charge in [0.1, 0.15) is 0 Å². The quantitative estimate of drug-likeness (QED) is 0.444. The minimum Gasteiger partial charge on any atom is -0.0845 e. The summed E-state index contributed by atoms with van der Waals surface area (Å²) in [5.41, 5.74) is 0. The van der Waals surface area contributed by atoms with Gasteiger partial charge in [-0.2, -0.15) is 0 Å². The third-order valence-corrected chi connectivity index (χ3v) is 3.40. The summed E-state index contributed by atoms with van der Waals surface area (Å²) in [7, 11) is 0. The van der Waals surface area contributed by atoms with Crippen molar-refractivity contribution in [2.24, 2.45) is 23.7 Å². The Morgan fingerprint density at radius 1 is 0.600 bits per heavy atom. The van der Waals surface area contributed by atoms with E-state index in [1.165, 1.54) is 12.8 Å². The van der Waals surface area contributed by atoms with Crippen LogP contribution in [0, 0.1) is 23.7 Å². The van der Waals surface area contributed by atoms with E-state index in [1.807, 2.05) is 0 Å². The van der Waals surface area contributed by atoms with Gasteiger partial charge < -0.3 is 0 Å². The highest BCUT2D eigenvalue weighted by Gasteiger charge is 2.39. The summed E-state index contributed by atoms with van der Waals surface area (Å²) in [6.07, 6.45) is 12.7. The van der Waals surface area contributed by atoms with Crippen LogP contribution in [0.25, 0.3) is 0 Å². The predicted octanol–water partition coefficient (Wildman–Crippen LogP) is 2.38. The topological polar surface area (TPSA) is 0 Å². The van der Waals surface area contributed by atoms with E-state index in [2.05, 4.69) is 24.3 Å². The molecule has 0 aromatic carbocycles. The van der Waals surface area contributed by atoms with Crippen LogP contribution in [0.4, 0.5) is 0 Å². The van der Waals surface area contributed by atoms with Crippen LogP contribution >= 0.6 is 0 Å². The van der Waals surface area contributed by atoms with Crippen LogP contribution in [-0.4, -0.2) is 0 Å². The lowest BCUT2D eigenvalue weighted by atomic mass is 9.60. The lowest BCUT2D eigenvalue weighted by Crippen LogP contribution is -2.35. The van der Waals surface area contributed by atoms with Crippen LogP contribution in [0.2, 0.25) is 0 Å². The SMILES string of the molecule is C1=CC2CC3C=CC2CC13. The Morgan fingerprint density at radius 2 is 0.900 bits per heavy atom. The molecule has 0 radical (unpaired) electrons. The van der Waals surface area contributed by atoms with Crippen LogP contribution in [0.15, 0.2) is 24.3 Å². The van der Waals surface area contributed by atoms with Crippen molar-refractivity contribution in [1.82, 2.24) is 0 Å². The van der Waals surface area contributed by atoms with Gasteiger partial charge in [-0.3, -0.25) is 0 Å². The fourth-order valence-corrected chi connectivity index (χ4v) is 2.78. The van der Waals surface area contributed by atoms with Gasteiger partial charge in [0.25, 0.3) is 0 Å². The first-order valence-electron chi connectivity index (χ1n) is 4.30. The maximum atomic E-state index is 2.44. The molecule has 4 bridgehead atoms. The zero-order valence-corrected chi connectivity index (χ0v) is 6.03. The molecule has 1 fully saturated rings. The molecule has 5 aliphatic carbocycles. The Bertz CT molecular complexity index is 168. The predicted molar refractivity (Wildman–Crippen MR) is 41.5 cm³/mol. The van der Waals surface area contributed by atoms with Gasteiger partial charge in [-0.05, 0) is 36.5 Å². The number of hydrogen-bond donors (Lipinski definition) is 0. The molecule has 4 unspecified atom stereocenters. The zero-order valence-electron chi connectivity index (χ0n) is 6.03. The minimum atomic E-state index is 0.917. The minimum absolute atomic E-state index is 0.917. The summed E-state index contributed by atoms with van der Waals surface area (Å²) in [6, 6.07) is 0. The molecular formula is C10H12. The summed E-state index contributed by atoms with van der Waals surface area (Å²) >= 11 is 0. The van der Waals surface area contributed by atoms with E-state index in [0.29, 0.717) is 0 Å². The Labute approximate surface area is 61.6 Å². The smallest absolute Gasteiger partial charge is 0.0164 e. The maximum absolute atomic E-state index is 2.44. The molecule has 0 aromatic rings. The molecule has 0 aromatic heterocycles. The fourth-order valence-electron chi connectivity index (χ4n) is 2.78. The lowest BCUT2D eigenvalue weighted by Gasteiger charge is -2.45. The molecule has 0 nitrogen and oxygen atoms in total. The first kappa shape index (κ1) is 5.17. The molecule has 0 saturated heterocycles. The zero-order chi connectivity index (χ0) is 6.55. The highest BCUT2D eigenvalue weighted by Crippen LogP contribution is 2.48. The molecule has 4 atom stereocenters. The first-order valence-corrected chi connectivity index (χ1v) is 4.30. The Morgan fingerprint density at radius 3 is 1.10 bits per heavy atom. The van der Waals surface area contributed by atoms with Crippen molar-refractivity contribution in [2.75, 3.05) is 0 Å². The summed E-state index contributed by atoms with van der Waals surface area (Å²) in [6.45, 7) is 0. The summed E-state index contributed by atoms with van der Waals surface area (Å²) in [4.78, 5) is 0. The van der Waals surface area contributed by atoms with Crippen molar-refractivity contribution < 1.29 is 0 Å². The van der Waals surface area contributed by atoms with Crippen LogP contribution < -0.4 is 0 Å². The average molecular weight is 132 g/mol. The Balaban J connectivity index is 2.14. The fraction of sp³-hybridized carbons (Fsp3) is 0.600. The van der Waals surface area contributed by atoms with Gasteiger partial charge in [-0.15, -0.1) is 0 Å². The summed E-state index contributed by atoms with van der Waals surface area (Å²) in [5, 5.41) is 0. The maximum Gasteiger partial charge on any atom is -0.0164 e. The van der Waals surface area contributed by atoms with Gasteiger partial charge in [0, 0.05) is 0 Å². The largest absolute Gasteiger partial charge is 0.0845 e. The second-order valence-electron chi connectivity index (χ2n) is 3.90. The standard InChI is InChI=1S/C10H12/c1-2-8-6-9-3-4-10(8)5-7(1)9/h1-4,7-10H,5-6H2. The molecular weight excluding hydrogens is 120 g/mol. The van der Waals surface area contributed by atoms with Gasteiger partial charge in [0.05, 0.1) is 0 Å². The lowest BCUT2D eigenvalue weighted by molar-refractivity contribution is 0.189. The van der Waals surface area contributed by atoms with Crippen molar-refractivity contribution >= 4 is 0 Å². The van der Waals surface area contributed by atoms with Crippen molar-refractivity contribution in [3.8, 4) is 0 Å². The number of rotatable bonds is 0. The average Bonchev–Trinajstić information content (AvgIpc) is 2.05. The molecule has 0 aliphatic heterocycles. The van der Waals surface area contributed by atoms with Crippen molar-refractivity contribution in [3.05, 3.63) is 24.3 Å². The molecule has 0 heterocycles. The van der Waals surface area contributed by atoms with Crippen LogP contribution in [0.3, 0.4) is 0 Å². The molecule has 0 N–H and O–H groups in total. The molecule has 0 amide bonds. The first-order chi connectivity index (χ1) is 4.93. The molecule has 10 heavy (non-hydrogen) atoms. The highest BCUT2D eigenvalue weighted by atomic mass is 14.4. The second kappa shape index (κ2) is 1.55. The molecule has 0 spiro atoms. The molecule has 52 valence electrons. The van der Waals surface area contributed by atoms with Gasteiger partial charge in [-0.1, -0.05) is 24.3 Å². The van der Waals surface area contributed by atoms with Gasteiger partial charge in [-0.25, -0.2) is 0 Å². The van der Waals surface area contributed by atoms with Gasteiger partial charge in [0.15, 0.2) is 0 Å². The molecule has 5 rings (SSSR count). The highest BCUT2D eigenvalue weighted by molar-refractivity contribution is 5.20. The van der Waals surface area contributed by atoms with E-state index in [-0.39, 0.29) is 0 Å². The Kier molecular flexibility index (Phi) is 0.803. The van der Waals surface area contributed by atoms with Crippen LogP contribution in [0.1, 0.15) is 12.8 Å². The third kappa shape index (κ3) is 0.484. The normalized spacial score (nSPS) is 54.4. The third-order valence-electron chi connectivity index (χ3n) is 3.40. The Hall–Kier alpha value is -0.520. The summed E-state index contributed by atoms with van der Waals surface area (Å²) < 4.78 is 0. The summed E-state index contributed by atoms with van der Waals surface area (Å²) in [5.74, 6) is 3.67. The van der Waals surface area contributed by atoms with E-state index in [0.717, 1.165) is 23.7 Å².